The van der Waals surface area contributed by atoms with Crippen LogP contribution in [-0.4, -0.2) is 29.4 Å². The van der Waals surface area contributed by atoms with Gasteiger partial charge in [-0.3, -0.25) is 14.4 Å². The molecule has 6 nitrogen and oxygen atoms in total. The van der Waals surface area contributed by atoms with Gasteiger partial charge < -0.3 is 15.3 Å². The SMILES string of the molecule is O=C(O)CC(=O)Nc1ccc(N2CCCC2=O)c(Cl)c1. The summed E-state index contributed by atoms with van der Waals surface area (Å²) >= 11 is 6.10. The Hall–Kier alpha value is -2.08. The van der Waals surface area contributed by atoms with Crippen LogP contribution >= 0.6 is 11.6 Å². The third kappa shape index (κ3) is 3.27. The molecule has 1 fully saturated rings. The van der Waals surface area contributed by atoms with E-state index in [1.165, 1.54) is 6.07 Å². The Kier molecular flexibility index (Phi) is 4.24. The minimum Gasteiger partial charge on any atom is -0.481 e. The smallest absolute Gasteiger partial charge is 0.312 e. The third-order valence-electron chi connectivity index (χ3n) is 2.91. The summed E-state index contributed by atoms with van der Waals surface area (Å²) in [5.74, 6) is -1.80. The van der Waals surface area contributed by atoms with Gasteiger partial charge in [0.1, 0.15) is 6.42 Å². The monoisotopic (exact) mass is 296 g/mol. The average molecular weight is 297 g/mol. The number of hydrogen-bond donors (Lipinski definition) is 2. The van der Waals surface area contributed by atoms with Crippen molar-refractivity contribution in [3.8, 4) is 0 Å². The molecule has 0 bridgehead atoms. The minimum atomic E-state index is -1.20. The Morgan fingerprint density at radius 3 is 2.70 bits per heavy atom. The van der Waals surface area contributed by atoms with Crippen molar-refractivity contribution in [3.63, 3.8) is 0 Å². The second kappa shape index (κ2) is 5.92. The van der Waals surface area contributed by atoms with E-state index in [1.54, 1.807) is 17.0 Å². The molecule has 1 aromatic rings. The number of halogens is 1. The molecule has 1 aliphatic rings. The van der Waals surface area contributed by atoms with Crippen LogP contribution in [0.25, 0.3) is 0 Å². The summed E-state index contributed by atoms with van der Waals surface area (Å²) < 4.78 is 0. The number of carboxylic acid groups (broad SMARTS) is 1. The predicted molar refractivity (Wildman–Crippen MR) is 73.9 cm³/mol. The van der Waals surface area contributed by atoms with E-state index in [2.05, 4.69) is 5.32 Å². The highest BCUT2D eigenvalue weighted by atomic mass is 35.5. The number of carboxylic acids is 1. The number of hydrogen-bond acceptors (Lipinski definition) is 3. The Morgan fingerprint density at radius 2 is 2.15 bits per heavy atom. The van der Waals surface area contributed by atoms with Gasteiger partial charge in [-0.2, -0.15) is 0 Å². The highest BCUT2D eigenvalue weighted by Crippen LogP contribution is 2.31. The maximum Gasteiger partial charge on any atom is 0.312 e. The summed E-state index contributed by atoms with van der Waals surface area (Å²) in [5.41, 5.74) is 1.00. The molecule has 0 unspecified atom stereocenters. The second-order valence-corrected chi connectivity index (χ2v) is 4.84. The van der Waals surface area contributed by atoms with Crippen LogP contribution in [-0.2, 0) is 14.4 Å². The number of nitrogens with one attached hydrogen (secondary N) is 1. The first kappa shape index (κ1) is 14.3. The van der Waals surface area contributed by atoms with Crippen molar-refractivity contribution in [1.82, 2.24) is 0 Å². The van der Waals surface area contributed by atoms with Gasteiger partial charge in [-0.25, -0.2) is 0 Å². The predicted octanol–water partition coefficient (Wildman–Crippen LogP) is 1.88. The molecule has 106 valence electrons. The van der Waals surface area contributed by atoms with Crippen LogP contribution in [0.15, 0.2) is 18.2 Å². The summed E-state index contributed by atoms with van der Waals surface area (Å²) in [6.45, 7) is 0.628. The molecule has 1 aliphatic heterocycles. The highest BCUT2D eigenvalue weighted by molar-refractivity contribution is 6.34. The van der Waals surface area contributed by atoms with E-state index < -0.39 is 18.3 Å². The van der Waals surface area contributed by atoms with Gasteiger partial charge in [0.05, 0.1) is 10.7 Å². The van der Waals surface area contributed by atoms with E-state index in [0.29, 0.717) is 29.4 Å². The number of aliphatic carboxylic acids is 1. The lowest BCUT2D eigenvalue weighted by molar-refractivity contribution is -0.139. The number of carbonyl (C=O) groups is 3. The lowest BCUT2D eigenvalue weighted by Gasteiger charge is -2.18. The van der Waals surface area contributed by atoms with Crippen LogP contribution in [0.2, 0.25) is 5.02 Å². The van der Waals surface area contributed by atoms with Crippen LogP contribution in [0.5, 0.6) is 0 Å². The fourth-order valence-electron chi connectivity index (χ4n) is 2.05. The van der Waals surface area contributed by atoms with Gasteiger partial charge >= 0.3 is 5.97 Å². The number of amides is 2. The number of carbonyl (C=O) groups excluding carboxylic acids is 2. The van der Waals surface area contributed by atoms with Gasteiger partial charge in [0.25, 0.3) is 0 Å². The van der Waals surface area contributed by atoms with Crippen molar-refractivity contribution in [3.05, 3.63) is 23.2 Å². The first-order valence-electron chi connectivity index (χ1n) is 6.09. The second-order valence-electron chi connectivity index (χ2n) is 4.43. The molecule has 1 saturated heterocycles. The van der Waals surface area contributed by atoms with Crippen molar-refractivity contribution in [2.45, 2.75) is 19.3 Å². The number of rotatable bonds is 4. The first-order chi connectivity index (χ1) is 9.47. The maximum atomic E-state index is 11.6. The molecule has 1 heterocycles. The van der Waals surface area contributed by atoms with E-state index in [4.69, 9.17) is 16.7 Å². The average Bonchev–Trinajstić information content (AvgIpc) is 2.74. The highest BCUT2D eigenvalue weighted by Gasteiger charge is 2.23. The largest absolute Gasteiger partial charge is 0.481 e. The molecule has 20 heavy (non-hydrogen) atoms. The summed E-state index contributed by atoms with van der Waals surface area (Å²) in [7, 11) is 0. The molecule has 7 heteroatoms. The van der Waals surface area contributed by atoms with Gasteiger partial charge in [-0.1, -0.05) is 11.6 Å². The van der Waals surface area contributed by atoms with Gasteiger partial charge in [0.2, 0.25) is 11.8 Å². The Morgan fingerprint density at radius 1 is 1.40 bits per heavy atom. The van der Waals surface area contributed by atoms with E-state index in [1.807, 2.05) is 0 Å². The molecule has 0 aliphatic carbocycles. The zero-order chi connectivity index (χ0) is 14.7. The standard InChI is InChI=1S/C13H13ClN2O4/c14-9-6-8(15-11(17)7-13(19)20)3-4-10(9)16-5-1-2-12(16)18/h3-4,6H,1-2,5,7H2,(H,15,17)(H,19,20). The number of benzene rings is 1. The van der Waals surface area contributed by atoms with Gasteiger partial charge in [0, 0.05) is 18.7 Å². The molecule has 2 rings (SSSR count). The van der Waals surface area contributed by atoms with Gasteiger partial charge in [-0.15, -0.1) is 0 Å². The van der Waals surface area contributed by atoms with Gasteiger partial charge in [0.15, 0.2) is 0 Å². The van der Waals surface area contributed by atoms with E-state index in [0.717, 1.165) is 6.42 Å². The van der Waals surface area contributed by atoms with Crippen molar-refractivity contribution in [1.29, 1.82) is 0 Å². The van der Waals surface area contributed by atoms with Crippen molar-refractivity contribution >= 4 is 40.8 Å². The van der Waals surface area contributed by atoms with E-state index in [9.17, 15) is 14.4 Å². The van der Waals surface area contributed by atoms with E-state index in [-0.39, 0.29) is 5.91 Å². The Labute approximate surface area is 120 Å². The van der Waals surface area contributed by atoms with E-state index >= 15 is 0 Å². The zero-order valence-electron chi connectivity index (χ0n) is 10.6. The van der Waals surface area contributed by atoms with Crippen LogP contribution in [0, 0.1) is 0 Å². The summed E-state index contributed by atoms with van der Waals surface area (Å²) in [5, 5.41) is 11.3. The molecule has 0 aromatic heterocycles. The fourth-order valence-corrected chi connectivity index (χ4v) is 2.33. The molecule has 0 saturated carbocycles. The van der Waals surface area contributed by atoms with Crippen molar-refractivity contribution in [2.75, 3.05) is 16.8 Å². The van der Waals surface area contributed by atoms with Crippen molar-refractivity contribution < 1.29 is 19.5 Å². The lowest BCUT2D eigenvalue weighted by Crippen LogP contribution is -2.24. The van der Waals surface area contributed by atoms with Crippen LogP contribution in [0.4, 0.5) is 11.4 Å². The normalized spacial score (nSPS) is 14.4. The molecular weight excluding hydrogens is 284 g/mol. The molecule has 2 amide bonds. The third-order valence-corrected chi connectivity index (χ3v) is 3.21. The van der Waals surface area contributed by atoms with Crippen molar-refractivity contribution in [2.24, 2.45) is 0 Å². The maximum absolute atomic E-state index is 11.6. The Bertz CT molecular complexity index is 573. The quantitative estimate of drug-likeness (QED) is 0.831. The first-order valence-corrected chi connectivity index (χ1v) is 6.47. The van der Waals surface area contributed by atoms with Crippen LogP contribution < -0.4 is 10.2 Å². The lowest BCUT2D eigenvalue weighted by atomic mass is 10.2. The van der Waals surface area contributed by atoms with Gasteiger partial charge in [-0.05, 0) is 24.6 Å². The molecule has 1 aromatic carbocycles. The minimum absolute atomic E-state index is 0.0227. The molecule has 0 spiro atoms. The zero-order valence-corrected chi connectivity index (χ0v) is 11.3. The summed E-state index contributed by atoms with van der Waals surface area (Å²) in [6.07, 6.45) is 0.698. The fraction of sp³-hybridized carbons (Fsp3) is 0.308. The number of nitrogens with zero attached hydrogens (tertiary/aromatic N) is 1. The topological polar surface area (TPSA) is 86.7 Å². The Balaban J connectivity index is 2.11. The molecule has 2 N–H and O–H groups in total. The number of anilines is 2. The molecule has 0 radical (unpaired) electrons. The molecular formula is C13H13ClN2O4. The summed E-state index contributed by atoms with van der Waals surface area (Å²) in [6, 6.07) is 4.73. The van der Waals surface area contributed by atoms with Crippen LogP contribution in [0.3, 0.4) is 0 Å². The van der Waals surface area contributed by atoms with Crippen LogP contribution in [0.1, 0.15) is 19.3 Å². The molecule has 0 atom stereocenters. The summed E-state index contributed by atoms with van der Waals surface area (Å²) in [4.78, 5) is 35.0.